The van der Waals surface area contributed by atoms with Crippen LogP contribution in [0.25, 0.3) is 0 Å². The highest BCUT2D eigenvalue weighted by atomic mass is 35.5. The highest BCUT2D eigenvalue weighted by molar-refractivity contribution is 6.30. The number of nitrogens with zero attached hydrogens (tertiary/aromatic N) is 2. The molecule has 0 saturated carbocycles. The molecule has 0 amide bonds. The second-order valence-corrected chi connectivity index (χ2v) is 4.92. The van der Waals surface area contributed by atoms with Crippen molar-refractivity contribution >= 4 is 11.6 Å². The molecule has 0 aliphatic carbocycles. The molecule has 1 aromatic heterocycles. The van der Waals surface area contributed by atoms with E-state index in [0.29, 0.717) is 5.15 Å². The highest BCUT2D eigenvalue weighted by Crippen LogP contribution is 2.24. The minimum Gasteiger partial charge on any atom is -0.295 e. The molecule has 0 atom stereocenters. The molecular weight excluding hydrogens is 268 g/mol. The lowest BCUT2D eigenvalue weighted by atomic mass is 10.0. The van der Waals surface area contributed by atoms with E-state index in [1.165, 1.54) is 16.7 Å². The van der Waals surface area contributed by atoms with Crippen LogP contribution in [0.1, 0.15) is 38.8 Å². The Morgan fingerprint density at radius 3 is 2.80 bits per heavy atom. The second kappa shape index (κ2) is 8.93. The van der Waals surface area contributed by atoms with Crippen molar-refractivity contribution < 1.29 is 0 Å². The average molecular weight is 293 g/mol. The van der Waals surface area contributed by atoms with E-state index in [0.717, 1.165) is 26.1 Å². The van der Waals surface area contributed by atoms with E-state index in [9.17, 15) is 0 Å². The summed E-state index contributed by atoms with van der Waals surface area (Å²) in [5.41, 5.74) is 3.90. The van der Waals surface area contributed by atoms with Gasteiger partial charge in [0.05, 0.1) is 0 Å². The highest BCUT2D eigenvalue weighted by Gasteiger charge is 2.18. The summed E-state index contributed by atoms with van der Waals surface area (Å²) >= 11 is 6.12. The van der Waals surface area contributed by atoms with Crippen LogP contribution in [0.5, 0.6) is 0 Å². The van der Waals surface area contributed by atoms with E-state index in [2.05, 4.69) is 48.0 Å². The third-order valence-electron chi connectivity index (χ3n) is 3.33. The number of hydrogen-bond acceptors (Lipinski definition) is 2. The largest absolute Gasteiger partial charge is 0.295 e. The fourth-order valence-corrected chi connectivity index (χ4v) is 2.63. The maximum Gasteiger partial charge on any atom is 0.132 e. The Kier molecular flexibility index (Phi) is 7.56. The predicted octanol–water partition coefficient (Wildman–Crippen LogP) is 4.64. The molecule has 1 aliphatic heterocycles. The van der Waals surface area contributed by atoms with Crippen LogP contribution in [0.15, 0.2) is 36.1 Å². The zero-order valence-electron chi connectivity index (χ0n) is 13.0. The minimum absolute atomic E-state index is 0.673. The minimum atomic E-state index is 0.673. The van der Waals surface area contributed by atoms with Gasteiger partial charge in [0.1, 0.15) is 5.15 Å². The number of allylic oxidation sites excluding steroid dienone is 2. The molecule has 0 fully saturated rings. The van der Waals surface area contributed by atoms with Gasteiger partial charge in [-0.1, -0.05) is 43.7 Å². The first-order valence-corrected chi connectivity index (χ1v) is 7.75. The van der Waals surface area contributed by atoms with Crippen molar-refractivity contribution in [2.75, 3.05) is 13.1 Å². The summed E-state index contributed by atoms with van der Waals surface area (Å²) in [7, 11) is 0. The van der Waals surface area contributed by atoms with Gasteiger partial charge in [0.25, 0.3) is 0 Å². The maximum absolute atomic E-state index is 6.12. The Hall–Kier alpha value is -1.12. The molecule has 0 aromatic carbocycles. The first-order chi connectivity index (χ1) is 9.74. The van der Waals surface area contributed by atoms with Crippen molar-refractivity contribution in [1.82, 2.24) is 9.88 Å². The topological polar surface area (TPSA) is 16.1 Å². The van der Waals surface area contributed by atoms with E-state index < -0.39 is 0 Å². The summed E-state index contributed by atoms with van der Waals surface area (Å²) in [6.07, 6.45) is 9.24. The SMILES string of the molecule is C/C=C\C(=C/C)CN1CCc2c(ccnc2Cl)C1.CC. The molecule has 3 heteroatoms. The lowest BCUT2D eigenvalue weighted by molar-refractivity contribution is 0.277. The lowest BCUT2D eigenvalue weighted by Crippen LogP contribution is -2.32. The summed E-state index contributed by atoms with van der Waals surface area (Å²) in [6.45, 7) is 11.2. The number of fused-ring (bicyclic) bond motifs is 1. The normalized spacial score (nSPS) is 15.8. The molecule has 0 spiro atoms. The molecule has 1 aromatic rings. The van der Waals surface area contributed by atoms with Crippen LogP contribution in [-0.4, -0.2) is 23.0 Å². The van der Waals surface area contributed by atoms with Crippen LogP contribution in [0.4, 0.5) is 0 Å². The molecule has 1 aliphatic rings. The van der Waals surface area contributed by atoms with Gasteiger partial charge in [0.2, 0.25) is 0 Å². The van der Waals surface area contributed by atoms with Crippen LogP contribution >= 0.6 is 11.6 Å². The van der Waals surface area contributed by atoms with Gasteiger partial charge in [0.15, 0.2) is 0 Å². The van der Waals surface area contributed by atoms with Crippen molar-refractivity contribution in [2.45, 2.75) is 40.7 Å². The lowest BCUT2D eigenvalue weighted by Gasteiger charge is -2.29. The van der Waals surface area contributed by atoms with Crippen LogP contribution in [-0.2, 0) is 13.0 Å². The Labute approximate surface area is 128 Å². The Balaban J connectivity index is 0.000000956. The fourth-order valence-electron chi connectivity index (χ4n) is 2.35. The number of rotatable bonds is 3. The molecule has 0 unspecified atom stereocenters. The van der Waals surface area contributed by atoms with Crippen molar-refractivity contribution in [3.63, 3.8) is 0 Å². The van der Waals surface area contributed by atoms with E-state index in [1.807, 2.05) is 13.8 Å². The summed E-state index contributed by atoms with van der Waals surface area (Å²) in [5.74, 6) is 0. The predicted molar refractivity (Wildman–Crippen MR) is 88.1 cm³/mol. The van der Waals surface area contributed by atoms with Crippen molar-refractivity contribution in [1.29, 1.82) is 0 Å². The molecule has 0 radical (unpaired) electrons. The average Bonchev–Trinajstić information content (AvgIpc) is 2.49. The van der Waals surface area contributed by atoms with Crippen LogP contribution in [0, 0.1) is 0 Å². The Morgan fingerprint density at radius 2 is 2.15 bits per heavy atom. The third kappa shape index (κ3) is 4.46. The molecule has 2 heterocycles. The maximum atomic E-state index is 6.12. The third-order valence-corrected chi connectivity index (χ3v) is 3.66. The van der Waals surface area contributed by atoms with E-state index in [4.69, 9.17) is 11.6 Å². The molecular formula is C17H25ClN2. The summed E-state index contributed by atoms with van der Waals surface area (Å²) in [6, 6.07) is 2.08. The Morgan fingerprint density at radius 1 is 1.40 bits per heavy atom. The first-order valence-electron chi connectivity index (χ1n) is 7.37. The van der Waals surface area contributed by atoms with Crippen LogP contribution in [0.2, 0.25) is 5.15 Å². The molecule has 0 N–H and O–H groups in total. The second-order valence-electron chi connectivity index (χ2n) is 4.56. The summed E-state index contributed by atoms with van der Waals surface area (Å²) in [4.78, 5) is 6.60. The molecule has 0 bridgehead atoms. The summed E-state index contributed by atoms with van der Waals surface area (Å²) < 4.78 is 0. The number of halogens is 1. The van der Waals surface area contributed by atoms with E-state index in [1.54, 1.807) is 6.20 Å². The van der Waals surface area contributed by atoms with Gasteiger partial charge >= 0.3 is 0 Å². The van der Waals surface area contributed by atoms with Crippen LogP contribution < -0.4 is 0 Å². The molecule has 0 saturated heterocycles. The Bertz CT molecular complexity index is 478. The van der Waals surface area contributed by atoms with Crippen molar-refractivity contribution in [2.24, 2.45) is 0 Å². The van der Waals surface area contributed by atoms with Crippen molar-refractivity contribution in [3.8, 4) is 0 Å². The quantitative estimate of drug-likeness (QED) is 0.596. The molecule has 110 valence electrons. The zero-order valence-corrected chi connectivity index (χ0v) is 13.7. The number of hydrogen-bond donors (Lipinski definition) is 0. The molecule has 20 heavy (non-hydrogen) atoms. The van der Waals surface area contributed by atoms with Gasteiger partial charge in [-0.2, -0.15) is 0 Å². The smallest absolute Gasteiger partial charge is 0.132 e. The standard InChI is InChI=1S/C15H19ClN2.C2H6/c1-3-5-12(4-2)10-18-9-7-14-13(11-18)6-8-17-15(14)16;1-2/h3-6,8H,7,9-11H2,1-2H3;1-2H3/b5-3-,12-4+;. The molecule has 2 nitrogen and oxygen atoms in total. The fraction of sp³-hybridized carbons (Fsp3) is 0.471. The van der Waals surface area contributed by atoms with Crippen molar-refractivity contribution in [3.05, 3.63) is 52.3 Å². The number of pyridine rings is 1. The van der Waals surface area contributed by atoms with Gasteiger partial charge < -0.3 is 0 Å². The van der Waals surface area contributed by atoms with E-state index in [-0.39, 0.29) is 0 Å². The zero-order chi connectivity index (χ0) is 15.0. The van der Waals surface area contributed by atoms with Gasteiger partial charge in [0, 0.05) is 25.8 Å². The monoisotopic (exact) mass is 292 g/mol. The first kappa shape index (κ1) is 16.9. The van der Waals surface area contributed by atoms with Crippen LogP contribution in [0.3, 0.4) is 0 Å². The van der Waals surface area contributed by atoms with E-state index >= 15 is 0 Å². The summed E-state index contributed by atoms with van der Waals surface area (Å²) in [5, 5.41) is 0.673. The van der Waals surface area contributed by atoms with Gasteiger partial charge in [-0.05, 0) is 43.0 Å². The molecule has 2 rings (SSSR count). The van der Waals surface area contributed by atoms with Gasteiger partial charge in [-0.15, -0.1) is 0 Å². The van der Waals surface area contributed by atoms with Gasteiger partial charge in [-0.25, -0.2) is 4.98 Å². The number of aromatic nitrogens is 1. The van der Waals surface area contributed by atoms with Gasteiger partial charge in [-0.3, -0.25) is 4.90 Å².